The summed E-state index contributed by atoms with van der Waals surface area (Å²) >= 11 is 0. The minimum atomic E-state index is 0.161. The fourth-order valence-electron chi connectivity index (χ4n) is 1.23. The minimum Gasteiger partial charge on any atom is -0.342 e. The highest BCUT2D eigenvalue weighted by Crippen LogP contribution is 2.05. The normalized spacial score (nSPS) is 24.8. The molecule has 0 saturated carbocycles. The number of hydrogen-bond acceptors (Lipinski definition) is 2. The van der Waals surface area contributed by atoms with E-state index in [4.69, 9.17) is 0 Å². The molecule has 3 nitrogen and oxygen atoms in total. The molecule has 0 bridgehead atoms. The maximum Gasteiger partial charge on any atom is 0.219 e. The quantitative estimate of drug-likeness (QED) is 0.551. The standard InChI is InChI=1S/C7H14N2O/c1-6(10)9(2)7-3-4-8-5-7/h7-8H,3-5H2,1-2H3/t7-/m1/s1. The molecule has 0 aromatic heterocycles. The zero-order valence-electron chi connectivity index (χ0n) is 6.55. The van der Waals surface area contributed by atoms with E-state index in [1.165, 1.54) is 0 Å². The van der Waals surface area contributed by atoms with Crippen molar-refractivity contribution in [1.82, 2.24) is 10.2 Å². The largest absolute Gasteiger partial charge is 0.342 e. The van der Waals surface area contributed by atoms with Crippen molar-refractivity contribution in [3.05, 3.63) is 0 Å². The van der Waals surface area contributed by atoms with Crippen LogP contribution in [0.15, 0.2) is 0 Å². The minimum absolute atomic E-state index is 0.161. The van der Waals surface area contributed by atoms with E-state index in [1.54, 1.807) is 11.8 Å². The molecule has 1 aliphatic rings. The van der Waals surface area contributed by atoms with Gasteiger partial charge in [0.15, 0.2) is 0 Å². The van der Waals surface area contributed by atoms with Gasteiger partial charge in [0.2, 0.25) is 5.91 Å². The van der Waals surface area contributed by atoms with Crippen LogP contribution in [0.25, 0.3) is 0 Å². The first-order chi connectivity index (χ1) is 4.72. The summed E-state index contributed by atoms with van der Waals surface area (Å²) in [6.07, 6.45) is 1.09. The molecule has 1 aliphatic heterocycles. The first kappa shape index (κ1) is 7.54. The Hall–Kier alpha value is -0.570. The van der Waals surface area contributed by atoms with Gasteiger partial charge in [-0.3, -0.25) is 4.79 Å². The number of carbonyl (C=O) groups is 1. The average Bonchev–Trinajstić information content (AvgIpc) is 2.36. The number of nitrogens with one attached hydrogen (secondary N) is 1. The lowest BCUT2D eigenvalue weighted by Gasteiger charge is -2.21. The topological polar surface area (TPSA) is 32.3 Å². The summed E-state index contributed by atoms with van der Waals surface area (Å²) in [5, 5.41) is 3.21. The van der Waals surface area contributed by atoms with Crippen molar-refractivity contribution in [1.29, 1.82) is 0 Å². The summed E-state index contributed by atoms with van der Waals surface area (Å²) in [4.78, 5) is 12.6. The summed E-state index contributed by atoms with van der Waals surface area (Å²) < 4.78 is 0. The van der Waals surface area contributed by atoms with Crippen molar-refractivity contribution in [2.24, 2.45) is 0 Å². The smallest absolute Gasteiger partial charge is 0.219 e. The summed E-state index contributed by atoms with van der Waals surface area (Å²) in [7, 11) is 1.86. The van der Waals surface area contributed by atoms with Crippen LogP contribution in [-0.2, 0) is 4.79 Å². The maximum atomic E-state index is 10.8. The highest BCUT2D eigenvalue weighted by molar-refractivity contribution is 5.73. The summed E-state index contributed by atoms with van der Waals surface area (Å²) in [6, 6.07) is 0.428. The first-order valence-electron chi connectivity index (χ1n) is 3.66. The second-order valence-electron chi connectivity index (χ2n) is 2.78. The molecule has 58 valence electrons. The van der Waals surface area contributed by atoms with Gasteiger partial charge in [0.1, 0.15) is 0 Å². The number of nitrogens with zero attached hydrogens (tertiary/aromatic N) is 1. The van der Waals surface area contributed by atoms with Gasteiger partial charge in [-0.1, -0.05) is 0 Å². The predicted molar refractivity (Wildman–Crippen MR) is 39.7 cm³/mol. The van der Waals surface area contributed by atoms with Crippen molar-refractivity contribution in [2.45, 2.75) is 19.4 Å². The van der Waals surface area contributed by atoms with E-state index < -0.39 is 0 Å². The Balaban J connectivity index is 2.39. The van der Waals surface area contributed by atoms with E-state index in [-0.39, 0.29) is 5.91 Å². The zero-order valence-corrected chi connectivity index (χ0v) is 6.55. The molecular formula is C7H14N2O. The highest BCUT2D eigenvalue weighted by atomic mass is 16.2. The molecule has 1 N–H and O–H groups in total. The third kappa shape index (κ3) is 1.48. The summed E-state index contributed by atoms with van der Waals surface area (Å²) in [5.74, 6) is 0.161. The molecule has 10 heavy (non-hydrogen) atoms. The fraction of sp³-hybridized carbons (Fsp3) is 0.857. The molecule has 1 heterocycles. The highest BCUT2D eigenvalue weighted by Gasteiger charge is 2.20. The van der Waals surface area contributed by atoms with Gasteiger partial charge in [0, 0.05) is 26.6 Å². The molecule has 0 spiro atoms. The molecule has 3 heteroatoms. The van der Waals surface area contributed by atoms with E-state index >= 15 is 0 Å². The molecule has 1 amide bonds. The second-order valence-corrected chi connectivity index (χ2v) is 2.78. The van der Waals surface area contributed by atoms with Crippen LogP contribution in [0.4, 0.5) is 0 Å². The van der Waals surface area contributed by atoms with Crippen molar-refractivity contribution in [2.75, 3.05) is 20.1 Å². The van der Waals surface area contributed by atoms with E-state index in [1.807, 2.05) is 7.05 Å². The van der Waals surface area contributed by atoms with Crippen LogP contribution in [0, 0.1) is 0 Å². The van der Waals surface area contributed by atoms with E-state index in [0.717, 1.165) is 19.5 Å². The molecule has 0 aliphatic carbocycles. The fourth-order valence-corrected chi connectivity index (χ4v) is 1.23. The predicted octanol–water partition coefficient (Wildman–Crippen LogP) is -0.173. The molecule has 1 atom stereocenters. The van der Waals surface area contributed by atoms with E-state index in [2.05, 4.69) is 5.32 Å². The third-order valence-corrected chi connectivity index (χ3v) is 2.08. The molecule has 0 unspecified atom stereocenters. The Kier molecular flexibility index (Phi) is 2.27. The van der Waals surface area contributed by atoms with Crippen LogP contribution < -0.4 is 5.32 Å². The molecule has 0 aromatic rings. The van der Waals surface area contributed by atoms with Crippen LogP contribution in [0.2, 0.25) is 0 Å². The van der Waals surface area contributed by atoms with Crippen molar-refractivity contribution in [3.8, 4) is 0 Å². The molecule has 1 fully saturated rings. The SMILES string of the molecule is CC(=O)N(C)[C@@H]1CCNC1. The van der Waals surface area contributed by atoms with Gasteiger partial charge in [-0.25, -0.2) is 0 Å². The van der Waals surface area contributed by atoms with E-state index in [9.17, 15) is 4.79 Å². The number of likely N-dealkylation sites (N-methyl/N-ethyl adjacent to an activating group) is 1. The lowest BCUT2D eigenvalue weighted by molar-refractivity contribution is -0.129. The van der Waals surface area contributed by atoms with Crippen molar-refractivity contribution in [3.63, 3.8) is 0 Å². The second kappa shape index (κ2) is 3.01. The lowest BCUT2D eigenvalue weighted by Crippen LogP contribution is -2.36. The average molecular weight is 142 g/mol. The van der Waals surface area contributed by atoms with Crippen LogP contribution in [0.3, 0.4) is 0 Å². The molecule has 0 aromatic carbocycles. The lowest BCUT2D eigenvalue weighted by atomic mass is 10.2. The van der Waals surface area contributed by atoms with Gasteiger partial charge in [0.25, 0.3) is 0 Å². The number of amides is 1. The molecule has 1 rings (SSSR count). The van der Waals surface area contributed by atoms with Gasteiger partial charge in [-0.05, 0) is 13.0 Å². The van der Waals surface area contributed by atoms with Crippen LogP contribution in [0.5, 0.6) is 0 Å². The Morgan fingerprint density at radius 3 is 2.80 bits per heavy atom. The van der Waals surface area contributed by atoms with Crippen LogP contribution in [0.1, 0.15) is 13.3 Å². The van der Waals surface area contributed by atoms with Gasteiger partial charge in [-0.2, -0.15) is 0 Å². The first-order valence-corrected chi connectivity index (χ1v) is 3.66. The molecular weight excluding hydrogens is 128 g/mol. The zero-order chi connectivity index (χ0) is 7.56. The third-order valence-electron chi connectivity index (χ3n) is 2.08. The Labute approximate surface area is 61.4 Å². The van der Waals surface area contributed by atoms with E-state index in [0.29, 0.717) is 6.04 Å². The summed E-state index contributed by atoms with van der Waals surface area (Å²) in [6.45, 7) is 3.61. The molecule has 0 radical (unpaired) electrons. The van der Waals surface area contributed by atoms with Crippen molar-refractivity contribution >= 4 is 5.91 Å². The number of hydrogen-bond donors (Lipinski definition) is 1. The van der Waals surface area contributed by atoms with Crippen LogP contribution >= 0.6 is 0 Å². The van der Waals surface area contributed by atoms with Crippen LogP contribution in [-0.4, -0.2) is 37.0 Å². The Morgan fingerprint density at radius 1 is 1.70 bits per heavy atom. The van der Waals surface area contributed by atoms with Crippen molar-refractivity contribution < 1.29 is 4.79 Å². The van der Waals surface area contributed by atoms with Gasteiger partial charge < -0.3 is 10.2 Å². The number of carbonyl (C=O) groups excluding carboxylic acids is 1. The Bertz CT molecular complexity index is 130. The van der Waals surface area contributed by atoms with Gasteiger partial charge in [0.05, 0.1) is 0 Å². The van der Waals surface area contributed by atoms with Gasteiger partial charge >= 0.3 is 0 Å². The Morgan fingerprint density at radius 2 is 2.40 bits per heavy atom. The monoisotopic (exact) mass is 142 g/mol. The summed E-state index contributed by atoms with van der Waals surface area (Å²) in [5.41, 5.74) is 0. The molecule has 1 saturated heterocycles. The number of rotatable bonds is 1. The van der Waals surface area contributed by atoms with Gasteiger partial charge in [-0.15, -0.1) is 0 Å². The maximum absolute atomic E-state index is 10.8.